The van der Waals surface area contributed by atoms with Crippen LogP contribution in [0.15, 0.2) is 48.7 Å². The summed E-state index contributed by atoms with van der Waals surface area (Å²) in [6, 6.07) is 15.1. The van der Waals surface area contributed by atoms with Crippen LogP contribution >= 0.6 is 0 Å². The lowest BCUT2D eigenvalue weighted by Crippen LogP contribution is -2.20. The molecule has 2 aromatic rings. The summed E-state index contributed by atoms with van der Waals surface area (Å²) in [4.78, 5) is 6.95. The van der Waals surface area contributed by atoms with E-state index >= 15 is 0 Å². The molecule has 0 saturated carbocycles. The number of benzene rings is 1. The van der Waals surface area contributed by atoms with Crippen LogP contribution in [0.1, 0.15) is 43.0 Å². The smallest absolute Gasteiger partial charge is 0.0572 e. The number of hydrogen-bond acceptors (Lipinski definition) is 3. The lowest BCUT2D eigenvalue weighted by molar-refractivity contribution is 0.675. The fourth-order valence-electron chi connectivity index (χ4n) is 3.01. The zero-order valence-corrected chi connectivity index (χ0v) is 12.6. The Morgan fingerprint density at radius 2 is 2.05 bits per heavy atom. The van der Waals surface area contributed by atoms with Gasteiger partial charge in [0.1, 0.15) is 0 Å². The molecule has 1 aromatic carbocycles. The van der Waals surface area contributed by atoms with Crippen LogP contribution in [-0.4, -0.2) is 18.1 Å². The molecule has 2 N–H and O–H groups in total. The van der Waals surface area contributed by atoms with Crippen LogP contribution in [0.2, 0.25) is 0 Å². The maximum atomic E-state index is 6.02. The molecular formula is C18H23N3. The average molecular weight is 281 g/mol. The maximum absolute atomic E-state index is 6.02. The largest absolute Gasteiger partial charge is 0.370 e. The molecule has 2 heterocycles. The number of anilines is 1. The third-order valence-electron chi connectivity index (χ3n) is 4.41. The SMILES string of the molecule is CC[C@H](N)c1ccc(N2CCC(c3ccccc3)C2)cn1. The summed E-state index contributed by atoms with van der Waals surface area (Å²) in [5.41, 5.74) is 9.66. The van der Waals surface area contributed by atoms with Crippen LogP contribution in [-0.2, 0) is 0 Å². The van der Waals surface area contributed by atoms with Crippen molar-refractivity contribution in [1.82, 2.24) is 4.98 Å². The molecule has 1 saturated heterocycles. The Hall–Kier alpha value is -1.87. The van der Waals surface area contributed by atoms with Crippen molar-refractivity contribution in [3.8, 4) is 0 Å². The monoisotopic (exact) mass is 281 g/mol. The molecule has 110 valence electrons. The van der Waals surface area contributed by atoms with Crippen molar-refractivity contribution in [2.75, 3.05) is 18.0 Å². The zero-order chi connectivity index (χ0) is 14.7. The average Bonchev–Trinajstić information content (AvgIpc) is 3.05. The predicted octanol–water partition coefficient (Wildman–Crippen LogP) is 3.49. The van der Waals surface area contributed by atoms with E-state index in [1.54, 1.807) is 0 Å². The fraction of sp³-hybridized carbons (Fsp3) is 0.389. The Morgan fingerprint density at radius 1 is 1.24 bits per heavy atom. The van der Waals surface area contributed by atoms with E-state index in [0.29, 0.717) is 5.92 Å². The quantitative estimate of drug-likeness (QED) is 0.933. The molecule has 0 spiro atoms. The van der Waals surface area contributed by atoms with E-state index in [0.717, 1.165) is 25.2 Å². The third kappa shape index (κ3) is 3.08. The van der Waals surface area contributed by atoms with Crippen LogP contribution in [0, 0.1) is 0 Å². The molecule has 0 amide bonds. The van der Waals surface area contributed by atoms with Gasteiger partial charge >= 0.3 is 0 Å². The van der Waals surface area contributed by atoms with Crippen LogP contribution in [0.3, 0.4) is 0 Å². The Balaban J connectivity index is 1.69. The summed E-state index contributed by atoms with van der Waals surface area (Å²) in [5, 5.41) is 0. The Bertz CT molecular complexity index is 565. The number of aromatic nitrogens is 1. The number of hydrogen-bond donors (Lipinski definition) is 1. The van der Waals surface area contributed by atoms with Gasteiger partial charge < -0.3 is 10.6 Å². The van der Waals surface area contributed by atoms with Gasteiger partial charge in [0, 0.05) is 25.0 Å². The number of nitrogens with zero attached hydrogens (tertiary/aromatic N) is 2. The number of nitrogens with two attached hydrogens (primary N) is 1. The number of rotatable bonds is 4. The van der Waals surface area contributed by atoms with Gasteiger partial charge in [0.05, 0.1) is 17.6 Å². The Morgan fingerprint density at radius 3 is 2.71 bits per heavy atom. The Labute approximate surface area is 126 Å². The van der Waals surface area contributed by atoms with E-state index in [1.165, 1.54) is 17.7 Å². The highest BCUT2D eigenvalue weighted by Gasteiger charge is 2.24. The minimum absolute atomic E-state index is 0.0506. The van der Waals surface area contributed by atoms with Gasteiger partial charge in [0.25, 0.3) is 0 Å². The third-order valence-corrected chi connectivity index (χ3v) is 4.41. The molecule has 2 atom stereocenters. The van der Waals surface area contributed by atoms with Crippen LogP contribution < -0.4 is 10.6 Å². The first-order valence-electron chi connectivity index (χ1n) is 7.79. The summed E-state index contributed by atoms with van der Waals surface area (Å²) in [5.74, 6) is 0.628. The molecule has 21 heavy (non-hydrogen) atoms. The van der Waals surface area contributed by atoms with Gasteiger partial charge in [-0.05, 0) is 30.5 Å². The van der Waals surface area contributed by atoms with Crippen LogP contribution in [0.5, 0.6) is 0 Å². The zero-order valence-electron chi connectivity index (χ0n) is 12.6. The van der Waals surface area contributed by atoms with Crippen LogP contribution in [0.4, 0.5) is 5.69 Å². The summed E-state index contributed by atoms with van der Waals surface area (Å²) >= 11 is 0. The van der Waals surface area contributed by atoms with Crippen molar-refractivity contribution in [3.63, 3.8) is 0 Å². The predicted molar refractivity (Wildman–Crippen MR) is 87.5 cm³/mol. The molecule has 1 aliphatic heterocycles. The highest BCUT2D eigenvalue weighted by Crippen LogP contribution is 2.30. The number of pyridine rings is 1. The second-order valence-corrected chi connectivity index (χ2v) is 5.80. The molecule has 1 unspecified atom stereocenters. The first-order valence-corrected chi connectivity index (χ1v) is 7.79. The first kappa shape index (κ1) is 14.1. The fourth-order valence-corrected chi connectivity index (χ4v) is 3.01. The van der Waals surface area contributed by atoms with Crippen molar-refractivity contribution in [2.24, 2.45) is 5.73 Å². The maximum Gasteiger partial charge on any atom is 0.0572 e. The first-order chi connectivity index (χ1) is 10.3. The van der Waals surface area contributed by atoms with E-state index in [1.807, 2.05) is 6.20 Å². The van der Waals surface area contributed by atoms with Gasteiger partial charge in [0.2, 0.25) is 0 Å². The molecule has 0 aliphatic carbocycles. The normalized spacial score (nSPS) is 19.7. The molecule has 1 fully saturated rings. The topological polar surface area (TPSA) is 42.1 Å². The standard InChI is InChI=1S/C18H23N3/c1-2-17(19)18-9-8-16(12-20-18)21-11-10-15(13-21)14-6-4-3-5-7-14/h3-9,12,15,17H,2,10-11,13,19H2,1H3/t15?,17-/m0/s1. The summed E-state index contributed by atoms with van der Waals surface area (Å²) in [6.45, 7) is 4.26. The van der Waals surface area contributed by atoms with Crippen molar-refractivity contribution in [1.29, 1.82) is 0 Å². The van der Waals surface area contributed by atoms with E-state index in [4.69, 9.17) is 5.73 Å². The summed E-state index contributed by atoms with van der Waals surface area (Å²) in [7, 11) is 0. The second kappa shape index (κ2) is 6.27. The highest BCUT2D eigenvalue weighted by molar-refractivity contribution is 5.47. The summed E-state index contributed by atoms with van der Waals surface area (Å²) in [6.07, 6.45) is 4.10. The lowest BCUT2D eigenvalue weighted by Gasteiger charge is -2.19. The van der Waals surface area contributed by atoms with Gasteiger partial charge in [-0.15, -0.1) is 0 Å². The Kier molecular flexibility index (Phi) is 4.20. The van der Waals surface area contributed by atoms with Crippen molar-refractivity contribution in [2.45, 2.75) is 31.7 Å². The van der Waals surface area contributed by atoms with E-state index in [9.17, 15) is 0 Å². The molecular weight excluding hydrogens is 258 g/mol. The molecule has 3 rings (SSSR count). The van der Waals surface area contributed by atoms with E-state index < -0.39 is 0 Å². The van der Waals surface area contributed by atoms with Crippen molar-refractivity contribution in [3.05, 3.63) is 59.9 Å². The highest BCUT2D eigenvalue weighted by atomic mass is 15.2. The van der Waals surface area contributed by atoms with Crippen molar-refractivity contribution >= 4 is 5.69 Å². The molecule has 0 bridgehead atoms. The second-order valence-electron chi connectivity index (χ2n) is 5.80. The molecule has 0 radical (unpaired) electrons. The molecule has 3 heteroatoms. The van der Waals surface area contributed by atoms with Gasteiger partial charge in [-0.3, -0.25) is 4.98 Å². The minimum atomic E-state index is 0.0506. The van der Waals surface area contributed by atoms with Crippen molar-refractivity contribution < 1.29 is 0 Å². The van der Waals surface area contributed by atoms with Gasteiger partial charge in [0.15, 0.2) is 0 Å². The van der Waals surface area contributed by atoms with Gasteiger partial charge in [-0.1, -0.05) is 37.3 Å². The van der Waals surface area contributed by atoms with Gasteiger partial charge in [-0.2, -0.15) is 0 Å². The lowest BCUT2D eigenvalue weighted by atomic mass is 9.99. The minimum Gasteiger partial charge on any atom is -0.370 e. The molecule has 1 aromatic heterocycles. The summed E-state index contributed by atoms with van der Waals surface area (Å²) < 4.78 is 0. The van der Waals surface area contributed by atoms with Crippen LogP contribution in [0.25, 0.3) is 0 Å². The van der Waals surface area contributed by atoms with E-state index in [2.05, 4.69) is 59.3 Å². The molecule has 1 aliphatic rings. The van der Waals surface area contributed by atoms with Gasteiger partial charge in [-0.25, -0.2) is 0 Å². The van der Waals surface area contributed by atoms with E-state index in [-0.39, 0.29) is 6.04 Å². The molecule has 3 nitrogen and oxygen atoms in total.